The summed E-state index contributed by atoms with van der Waals surface area (Å²) in [6.07, 6.45) is 1.15. The van der Waals surface area contributed by atoms with Crippen molar-refractivity contribution in [3.8, 4) is 0 Å². The molecule has 3 atom stereocenters. The van der Waals surface area contributed by atoms with Gasteiger partial charge in [0.05, 0.1) is 0 Å². The molecule has 2 heteroatoms. The van der Waals surface area contributed by atoms with Crippen LogP contribution in [0.1, 0.15) is 31.9 Å². The number of fused-ring (bicyclic) bond motifs is 1. The van der Waals surface area contributed by atoms with Crippen LogP contribution in [0.5, 0.6) is 0 Å². The lowest BCUT2D eigenvalue weighted by atomic mass is 9.92. The summed E-state index contributed by atoms with van der Waals surface area (Å²) in [6.45, 7) is 6.78. The second-order valence-corrected chi connectivity index (χ2v) is 6.30. The minimum absolute atomic E-state index is 0.316. The summed E-state index contributed by atoms with van der Waals surface area (Å²) in [6, 6.07) is 16.0. The molecule has 0 spiro atoms. The van der Waals surface area contributed by atoms with Crippen molar-refractivity contribution >= 4 is 10.8 Å². The van der Waals surface area contributed by atoms with Crippen molar-refractivity contribution in [3.63, 3.8) is 0 Å². The van der Waals surface area contributed by atoms with Crippen molar-refractivity contribution in [2.45, 2.75) is 32.4 Å². The highest BCUT2D eigenvalue weighted by Crippen LogP contribution is 2.30. The minimum atomic E-state index is 0.316. The van der Waals surface area contributed by atoms with Gasteiger partial charge in [0.25, 0.3) is 0 Å². The van der Waals surface area contributed by atoms with Crippen molar-refractivity contribution in [1.82, 2.24) is 4.90 Å². The summed E-state index contributed by atoms with van der Waals surface area (Å²) in [5.41, 5.74) is 7.62. The van der Waals surface area contributed by atoms with E-state index in [-0.39, 0.29) is 0 Å². The number of piperidine rings is 1. The first-order valence-electron chi connectivity index (χ1n) is 7.62. The van der Waals surface area contributed by atoms with Crippen LogP contribution in [0.3, 0.4) is 0 Å². The fourth-order valence-electron chi connectivity index (χ4n) is 3.57. The fourth-order valence-corrected chi connectivity index (χ4v) is 3.57. The summed E-state index contributed by atoms with van der Waals surface area (Å²) < 4.78 is 0. The van der Waals surface area contributed by atoms with Crippen LogP contribution in [0.4, 0.5) is 0 Å². The number of hydrogen-bond acceptors (Lipinski definition) is 2. The van der Waals surface area contributed by atoms with Gasteiger partial charge < -0.3 is 5.73 Å². The van der Waals surface area contributed by atoms with Crippen LogP contribution in [0, 0.1) is 5.92 Å². The van der Waals surface area contributed by atoms with Crippen molar-refractivity contribution in [1.29, 1.82) is 0 Å². The predicted molar refractivity (Wildman–Crippen MR) is 85.7 cm³/mol. The number of nitrogens with two attached hydrogens (primary N) is 1. The molecule has 1 saturated heterocycles. The van der Waals surface area contributed by atoms with E-state index in [4.69, 9.17) is 5.73 Å². The third-order valence-corrected chi connectivity index (χ3v) is 4.54. The highest BCUT2D eigenvalue weighted by Gasteiger charge is 2.26. The van der Waals surface area contributed by atoms with Crippen molar-refractivity contribution in [3.05, 3.63) is 48.0 Å². The molecular formula is C18H24N2. The maximum absolute atomic E-state index is 6.20. The molecule has 2 N–H and O–H groups in total. The van der Waals surface area contributed by atoms with Gasteiger partial charge in [-0.2, -0.15) is 0 Å². The highest BCUT2D eigenvalue weighted by molar-refractivity contribution is 5.86. The van der Waals surface area contributed by atoms with E-state index in [0.29, 0.717) is 18.0 Å². The van der Waals surface area contributed by atoms with Crippen LogP contribution < -0.4 is 5.73 Å². The van der Waals surface area contributed by atoms with Crippen LogP contribution >= 0.6 is 0 Å². The SMILES string of the molecule is CC1CC(N)CN(C(C)c2cccc3ccccc23)C1. The molecule has 3 unspecified atom stereocenters. The molecule has 2 aromatic rings. The molecule has 1 fully saturated rings. The number of hydrogen-bond donors (Lipinski definition) is 1. The third kappa shape index (κ3) is 2.58. The Hall–Kier alpha value is -1.38. The Morgan fingerprint density at radius 1 is 1.10 bits per heavy atom. The van der Waals surface area contributed by atoms with Crippen LogP contribution in [0.25, 0.3) is 10.8 Å². The zero-order valence-electron chi connectivity index (χ0n) is 12.4. The lowest BCUT2D eigenvalue weighted by Crippen LogP contribution is -2.47. The molecule has 0 saturated carbocycles. The second kappa shape index (κ2) is 5.55. The zero-order chi connectivity index (χ0) is 14.1. The number of benzene rings is 2. The molecule has 0 radical (unpaired) electrons. The van der Waals surface area contributed by atoms with Gasteiger partial charge in [-0.3, -0.25) is 4.90 Å². The first kappa shape index (κ1) is 13.6. The van der Waals surface area contributed by atoms with Gasteiger partial charge >= 0.3 is 0 Å². The van der Waals surface area contributed by atoms with E-state index in [2.05, 4.69) is 61.2 Å². The van der Waals surface area contributed by atoms with Gasteiger partial charge in [0, 0.05) is 25.2 Å². The lowest BCUT2D eigenvalue weighted by molar-refractivity contribution is 0.124. The lowest BCUT2D eigenvalue weighted by Gasteiger charge is -2.39. The van der Waals surface area contributed by atoms with E-state index < -0.39 is 0 Å². The summed E-state index contributed by atoms with van der Waals surface area (Å²) >= 11 is 0. The third-order valence-electron chi connectivity index (χ3n) is 4.54. The first-order chi connectivity index (χ1) is 9.65. The summed E-state index contributed by atoms with van der Waals surface area (Å²) in [5, 5.41) is 2.69. The monoisotopic (exact) mass is 268 g/mol. The van der Waals surface area contributed by atoms with Gasteiger partial charge in [-0.1, -0.05) is 49.4 Å². The molecule has 1 aliphatic heterocycles. The number of rotatable bonds is 2. The van der Waals surface area contributed by atoms with Gasteiger partial charge in [0.15, 0.2) is 0 Å². The minimum Gasteiger partial charge on any atom is -0.327 e. The molecule has 0 amide bonds. The van der Waals surface area contributed by atoms with E-state index in [1.807, 2.05) is 0 Å². The molecule has 1 aliphatic rings. The molecule has 0 aromatic heterocycles. The average Bonchev–Trinajstić information content (AvgIpc) is 2.45. The standard InChI is InChI=1S/C18H24N2/c1-13-10-16(19)12-20(11-13)14(2)17-9-5-7-15-6-3-4-8-18(15)17/h3-9,13-14,16H,10-12,19H2,1-2H3. The Labute approximate surface area is 121 Å². The molecule has 2 aromatic carbocycles. The molecule has 0 bridgehead atoms. The molecule has 2 nitrogen and oxygen atoms in total. The number of nitrogens with zero attached hydrogens (tertiary/aromatic N) is 1. The molecule has 1 heterocycles. The maximum atomic E-state index is 6.20. The topological polar surface area (TPSA) is 29.3 Å². The smallest absolute Gasteiger partial charge is 0.0326 e. The second-order valence-electron chi connectivity index (χ2n) is 6.30. The van der Waals surface area contributed by atoms with E-state index in [0.717, 1.165) is 19.5 Å². The Morgan fingerprint density at radius 2 is 1.85 bits per heavy atom. The van der Waals surface area contributed by atoms with E-state index in [1.165, 1.54) is 16.3 Å². The van der Waals surface area contributed by atoms with Gasteiger partial charge in [0.1, 0.15) is 0 Å². The fraction of sp³-hybridized carbons (Fsp3) is 0.444. The van der Waals surface area contributed by atoms with Crippen molar-refractivity contribution in [2.75, 3.05) is 13.1 Å². The molecule has 106 valence electrons. The average molecular weight is 268 g/mol. The first-order valence-corrected chi connectivity index (χ1v) is 7.62. The predicted octanol–water partition coefficient (Wildman–Crippen LogP) is 3.57. The zero-order valence-corrected chi connectivity index (χ0v) is 12.4. The quantitative estimate of drug-likeness (QED) is 0.902. The molecule has 0 aliphatic carbocycles. The van der Waals surface area contributed by atoms with Crippen molar-refractivity contribution < 1.29 is 0 Å². The Morgan fingerprint density at radius 3 is 2.65 bits per heavy atom. The van der Waals surface area contributed by atoms with E-state index in [9.17, 15) is 0 Å². The Bertz CT molecular complexity index is 577. The Kier molecular flexibility index (Phi) is 3.77. The molecule has 20 heavy (non-hydrogen) atoms. The summed E-state index contributed by atoms with van der Waals surface area (Å²) in [5.74, 6) is 0.691. The van der Waals surface area contributed by atoms with Crippen LogP contribution in [0.2, 0.25) is 0 Å². The summed E-state index contributed by atoms with van der Waals surface area (Å²) in [4.78, 5) is 2.54. The van der Waals surface area contributed by atoms with Crippen LogP contribution in [0.15, 0.2) is 42.5 Å². The van der Waals surface area contributed by atoms with E-state index >= 15 is 0 Å². The van der Waals surface area contributed by atoms with E-state index in [1.54, 1.807) is 0 Å². The maximum Gasteiger partial charge on any atom is 0.0326 e. The van der Waals surface area contributed by atoms with Crippen molar-refractivity contribution in [2.24, 2.45) is 11.7 Å². The number of likely N-dealkylation sites (tertiary alicyclic amines) is 1. The molecule has 3 rings (SSSR count). The van der Waals surface area contributed by atoms with Crippen LogP contribution in [-0.2, 0) is 0 Å². The van der Waals surface area contributed by atoms with Gasteiger partial charge in [-0.05, 0) is 35.6 Å². The molecular weight excluding hydrogens is 244 g/mol. The normalized spacial score (nSPS) is 25.8. The Balaban J connectivity index is 1.94. The van der Waals surface area contributed by atoms with Crippen LogP contribution in [-0.4, -0.2) is 24.0 Å². The van der Waals surface area contributed by atoms with Gasteiger partial charge in [-0.15, -0.1) is 0 Å². The largest absolute Gasteiger partial charge is 0.327 e. The van der Waals surface area contributed by atoms with Gasteiger partial charge in [0.2, 0.25) is 0 Å². The van der Waals surface area contributed by atoms with Gasteiger partial charge in [-0.25, -0.2) is 0 Å². The highest BCUT2D eigenvalue weighted by atomic mass is 15.2. The summed E-state index contributed by atoms with van der Waals surface area (Å²) in [7, 11) is 0.